The van der Waals surface area contributed by atoms with Crippen molar-refractivity contribution in [1.29, 1.82) is 0 Å². The maximum absolute atomic E-state index is 12.4. The average molecular weight is 279 g/mol. The van der Waals surface area contributed by atoms with E-state index in [9.17, 15) is 4.79 Å². The van der Waals surface area contributed by atoms with Gasteiger partial charge in [0.1, 0.15) is 5.75 Å². The van der Waals surface area contributed by atoms with Crippen molar-refractivity contribution < 1.29 is 9.53 Å². The summed E-state index contributed by atoms with van der Waals surface area (Å²) < 4.78 is 5.52. The van der Waals surface area contributed by atoms with Crippen LogP contribution in [-0.4, -0.2) is 48.4 Å². The molecule has 1 atom stereocenters. The Hall–Kier alpha value is -1.00. The number of carbonyl (C=O) groups excluding carboxylic acids is 1. The van der Waals surface area contributed by atoms with Crippen LogP contribution in [0.15, 0.2) is 24.3 Å². The molecule has 0 aliphatic carbocycles. The normalized spacial score (nSPS) is 18.8. The number of hydrogen-bond acceptors (Lipinski definition) is 4. The number of ether oxygens (including phenoxy) is 1. The molecule has 4 heteroatoms. The van der Waals surface area contributed by atoms with Crippen LogP contribution in [-0.2, 0) is 0 Å². The van der Waals surface area contributed by atoms with Crippen LogP contribution in [0.3, 0.4) is 0 Å². The summed E-state index contributed by atoms with van der Waals surface area (Å²) in [5.74, 6) is 3.18. The molecule has 1 unspecified atom stereocenters. The zero-order valence-electron chi connectivity index (χ0n) is 11.6. The van der Waals surface area contributed by atoms with Crippen molar-refractivity contribution in [2.24, 2.45) is 0 Å². The van der Waals surface area contributed by atoms with E-state index in [4.69, 9.17) is 4.74 Å². The highest BCUT2D eigenvalue weighted by atomic mass is 32.2. The van der Waals surface area contributed by atoms with Crippen LogP contribution in [0.5, 0.6) is 5.75 Å². The standard InChI is InChI=1S/C15H21NO2S/c1-3-18-15-7-5-4-6-13(15)14(17)10-16(2)12-8-9-19-11-12/h4-7,12H,3,8-11H2,1-2H3. The summed E-state index contributed by atoms with van der Waals surface area (Å²) in [6, 6.07) is 8.04. The first kappa shape index (κ1) is 14.4. The minimum Gasteiger partial charge on any atom is -0.493 e. The second kappa shape index (κ2) is 6.96. The molecular weight excluding hydrogens is 258 g/mol. The van der Waals surface area contributed by atoms with Gasteiger partial charge in [-0.1, -0.05) is 12.1 Å². The molecule has 1 saturated heterocycles. The fourth-order valence-corrected chi connectivity index (χ4v) is 3.59. The number of ketones is 1. The summed E-state index contributed by atoms with van der Waals surface area (Å²) in [5.41, 5.74) is 0.696. The number of carbonyl (C=O) groups is 1. The molecule has 1 aliphatic rings. The van der Waals surface area contributed by atoms with E-state index < -0.39 is 0 Å². The minimum atomic E-state index is 0.142. The van der Waals surface area contributed by atoms with Gasteiger partial charge in [0.25, 0.3) is 0 Å². The number of thioether (sulfide) groups is 1. The Morgan fingerprint density at radius 2 is 2.26 bits per heavy atom. The van der Waals surface area contributed by atoms with Crippen molar-refractivity contribution in [3.63, 3.8) is 0 Å². The number of rotatable bonds is 6. The number of benzene rings is 1. The molecule has 0 radical (unpaired) electrons. The van der Waals surface area contributed by atoms with Crippen molar-refractivity contribution in [1.82, 2.24) is 4.90 Å². The molecule has 3 nitrogen and oxygen atoms in total. The van der Waals surface area contributed by atoms with Gasteiger partial charge in [-0.05, 0) is 38.3 Å². The third kappa shape index (κ3) is 3.74. The average Bonchev–Trinajstić information content (AvgIpc) is 2.93. The van der Waals surface area contributed by atoms with Crippen molar-refractivity contribution in [3.8, 4) is 5.75 Å². The lowest BCUT2D eigenvalue weighted by Crippen LogP contribution is -2.35. The third-order valence-electron chi connectivity index (χ3n) is 3.41. The summed E-state index contributed by atoms with van der Waals surface area (Å²) >= 11 is 1.97. The SMILES string of the molecule is CCOc1ccccc1C(=O)CN(C)C1CCSC1. The monoisotopic (exact) mass is 279 g/mol. The van der Waals surface area contributed by atoms with Gasteiger partial charge in [-0.2, -0.15) is 11.8 Å². The molecule has 2 rings (SSSR count). The zero-order valence-corrected chi connectivity index (χ0v) is 12.4. The largest absolute Gasteiger partial charge is 0.493 e. The second-order valence-electron chi connectivity index (χ2n) is 4.78. The lowest BCUT2D eigenvalue weighted by Gasteiger charge is -2.22. The Morgan fingerprint density at radius 3 is 2.95 bits per heavy atom. The molecule has 0 bridgehead atoms. The van der Waals surface area contributed by atoms with Gasteiger partial charge in [0.15, 0.2) is 5.78 Å². The summed E-state index contributed by atoms with van der Waals surface area (Å²) in [6.07, 6.45) is 1.18. The molecule has 1 aromatic rings. The first-order valence-corrected chi connectivity index (χ1v) is 7.91. The van der Waals surface area contributed by atoms with E-state index in [0.717, 1.165) is 5.75 Å². The zero-order chi connectivity index (χ0) is 13.7. The summed E-state index contributed by atoms with van der Waals surface area (Å²) in [7, 11) is 2.04. The lowest BCUT2D eigenvalue weighted by atomic mass is 10.1. The molecule has 19 heavy (non-hydrogen) atoms. The summed E-state index contributed by atoms with van der Waals surface area (Å²) in [4.78, 5) is 14.6. The number of nitrogens with zero attached hydrogens (tertiary/aromatic N) is 1. The molecule has 0 saturated carbocycles. The highest BCUT2D eigenvalue weighted by molar-refractivity contribution is 7.99. The Bertz CT molecular complexity index is 430. The minimum absolute atomic E-state index is 0.142. The molecule has 0 aromatic heterocycles. The van der Waals surface area contributed by atoms with E-state index >= 15 is 0 Å². The van der Waals surface area contributed by atoms with Gasteiger partial charge in [0.2, 0.25) is 0 Å². The number of Topliss-reactive ketones (excluding diaryl/α,β-unsaturated/α-hetero) is 1. The van der Waals surface area contributed by atoms with Crippen LogP contribution in [0.4, 0.5) is 0 Å². The smallest absolute Gasteiger partial charge is 0.180 e. The predicted octanol–water partition coefficient (Wildman–Crippen LogP) is 2.71. The summed E-state index contributed by atoms with van der Waals surface area (Å²) in [5, 5.41) is 0. The number of likely N-dealkylation sites (N-methyl/N-ethyl adjacent to an activating group) is 1. The number of para-hydroxylation sites is 1. The van der Waals surface area contributed by atoms with Gasteiger partial charge in [-0.3, -0.25) is 9.69 Å². The lowest BCUT2D eigenvalue weighted by molar-refractivity contribution is 0.0923. The molecule has 0 spiro atoms. The Labute approximate surface area is 119 Å². The van der Waals surface area contributed by atoms with Gasteiger partial charge in [-0.15, -0.1) is 0 Å². The Kier molecular flexibility index (Phi) is 5.28. The molecule has 104 valence electrons. The van der Waals surface area contributed by atoms with Gasteiger partial charge in [0.05, 0.1) is 18.7 Å². The first-order valence-electron chi connectivity index (χ1n) is 6.75. The Morgan fingerprint density at radius 1 is 1.47 bits per heavy atom. The van der Waals surface area contributed by atoms with Gasteiger partial charge in [-0.25, -0.2) is 0 Å². The van der Waals surface area contributed by atoms with Crippen molar-refractivity contribution in [3.05, 3.63) is 29.8 Å². The maximum Gasteiger partial charge on any atom is 0.180 e. The van der Waals surface area contributed by atoms with E-state index in [1.807, 2.05) is 50.0 Å². The van der Waals surface area contributed by atoms with Gasteiger partial charge < -0.3 is 4.74 Å². The third-order valence-corrected chi connectivity index (χ3v) is 4.55. The van der Waals surface area contributed by atoms with E-state index in [1.54, 1.807) is 0 Å². The first-order chi connectivity index (χ1) is 9.22. The van der Waals surface area contributed by atoms with Crippen LogP contribution in [0.2, 0.25) is 0 Å². The highest BCUT2D eigenvalue weighted by Crippen LogP contribution is 2.23. The molecule has 1 heterocycles. The molecule has 0 amide bonds. The van der Waals surface area contributed by atoms with E-state index in [2.05, 4.69) is 4.90 Å². The highest BCUT2D eigenvalue weighted by Gasteiger charge is 2.23. The quantitative estimate of drug-likeness (QED) is 0.749. The van der Waals surface area contributed by atoms with Crippen molar-refractivity contribution >= 4 is 17.5 Å². The summed E-state index contributed by atoms with van der Waals surface area (Å²) in [6.45, 7) is 2.98. The molecule has 1 aliphatic heterocycles. The van der Waals surface area contributed by atoms with Gasteiger partial charge >= 0.3 is 0 Å². The fourth-order valence-electron chi connectivity index (χ4n) is 2.29. The topological polar surface area (TPSA) is 29.5 Å². The Balaban J connectivity index is 2.02. The van der Waals surface area contributed by atoms with E-state index in [0.29, 0.717) is 30.5 Å². The van der Waals surface area contributed by atoms with Gasteiger partial charge in [0, 0.05) is 11.8 Å². The van der Waals surface area contributed by atoms with Crippen LogP contribution in [0.25, 0.3) is 0 Å². The molecule has 1 aromatic carbocycles. The second-order valence-corrected chi connectivity index (χ2v) is 5.93. The van der Waals surface area contributed by atoms with Crippen molar-refractivity contribution in [2.75, 3.05) is 31.7 Å². The van der Waals surface area contributed by atoms with Crippen LogP contribution >= 0.6 is 11.8 Å². The molecule has 0 N–H and O–H groups in total. The van der Waals surface area contributed by atoms with E-state index in [-0.39, 0.29) is 5.78 Å². The predicted molar refractivity (Wildman–Crippen MR) is 80.3 cm³/mol. The van der Waals surface area contributed by atoms with Crippen LogP contribution in [0.1, 0.15) is 23.7 Å². The molecule has 1 fully saturated rings. The fraction of sp³-hybridized carbons (Fsp3) is 0.533. The van der Waals surface area contributed by atoms with E-state index in [1.165, 1.54) is 12.2 Å². The molecular formula is C15H21NO2S. The van der Waals surface area contributed by atoms with Crippen LogP contribution in [0, 0.1) is 0 Å². The van der Waals surface area contributed by atoms with Crippen molar-refractivity contribution in [2.45, 2.75) is 19.4 Å². The van der Waals surface area contributed by atoms with Crippen LogP contribution < -0.4 is 4.74 Å². The maximum atomic E-state index is 12.4. The number of hydrogen-bond donors (Lipinski definition) is 0.